The molecule has 1 N–H and O–H groups in total. The van der Waals surface area contributed by atoms with Gasteiger partial charge in [-0.25, -0.2) is 0 Å². The zero-order valence-corrected chi connectivity index (χ0v) is 12.4. The summed E-state index contributed by atoms with van der Waals surface area (Å²) in [5.41, 5.74) is -0.686. The molecule has 1 aliphatic carbocycles. The Balaban J connectivity index is 2.28. The Kier molecular flexibility index (Phi) is 3.96. The third-order valence-electron chi connectivity index (χ3n) is 3.43. The fraction of sp³-hybridized carbons (Fsp3) is 0.583. The molecule has 92 valence electrons. The van der Waals surface area contributed by atoms with Gasteiger partial charge in [0.25, 0.3) is 0 Å². The standard InChI is InChI=1S/C12H13Br2NO2/c13-8-6-9(17-11(8)14)10(16)12(7-15)4-2-1-3-5-12/h6,10,16H,1-5H2. The lowest BCUT2D eigenvalue weighted by atomic mass is 9.70. The second kappa shape index (κ2) is 5.13. The summed E-state index contributed by atoms with van der Waals surface area (Å²) in [6.45, 7) is 0. The van der Waals surface area contributed by atoms with Crippen molar-refractivity contribution in [3.63, 3.8) is 0 Å². The Morgan fingerprint density at radius 1 is 1.35 bits per heavy atom. The van der Waals surface area contributed by atoms with Crippen LogP contribution in [0, 0.1) is 16.7 Å². The maximum atomic E-state index is 10.4. The average molecular weight is 363 g/mol. The molecular weight excluding hydrogens is 350 g/mol. The molecule has 0 radical (unpaired) electrons. The first kappa shape index (κ1) is 13.1. The van der Waals surface area contributed by atoms with E-state index in [1.165, 1.54) is 0 Å². The summed E-state index contributed by atoms with van der Waals surface area (Å²) in [6.07, 6.45) is 3.75. The van der Waals surface area contributed by atoms with Crippen LogP contribution < -0.4 is 0 Å². The molecule has 2 rings (SSSR count). The van der Waals surface area contributed by atoms with Gasteiger partial charge < -0.3 is 9.52 Å². The van der Waals surface area contributed by atoms with Crippen molar-refractivity contribution in [2.45, 2.75) is 38.2 Å². The molecular formula is C12H13Br2NO2. The van der Waals surface area contributed by atoms with Crippen LogP contribution in [0.15, 0.2) is 19.6 Å². The molecule has 0 aliphatic heterocycles. The lowest BCUT2D eigenvalue weighted by Crippen LogP contribution is -2.29. The fourth-order valence-electron chi connectivity index (χ4n) is 2.40. The summed E-state index contributed by atoms with van der Waals surface area (Å²) in [4.78, 5) is 0. The molecule has 1 unspecified atom stereocenters. The summed E-state index contributed by atoms with van der Waals surface area (Å²) >= 11 is 6.55. The SMILES string of the molecule is N#CC1(C(O)c2cc(Br)c(Br)o2)CCCCC1. The number of nitriles is 1. The quantitative estimate of drug-likeness (QED) is 0.852. The van der Waals surface area contributed by atoms with Crippen LogP contribution in [-0.4, -0.2) is 5.11 Å². The van der Waals surface area contributed by atoms with Gasteiger partial charge in [0.05, 0.1) is 16.0 Å². The van der Waals surface area contributed by atoms with Crippen LogP contribution >= 0.6 is 31.9 Å². The minimum Gasteiger partial charge on any atom is -0.450 e. The molecule has 5 heteroatoms. The van der Waals surface area contributed by atoms with Crippen molar-refractivity contribution >= 4 is 31.9 Å². The highest BCUT2D eigenvalue weighted by atomic mass is 79.9. The number of aliphatic hydroxyl groups is 1. The van der Waals surface area contributed by atoms with Crippen LogP contribution in [0.25, 0.3) is 0 Å². The smallest absolute Gasteiger partial charge is 0.183 e. The van der Waals surface area contributed by atoms with E-state index in [4.69, 9.17) is 4.42 Å². The Labute approximate surface area is 117 Å². The predicted octanol–water partition coefficient (Wildman–Crippen LogP) is 4.31. The topological polar surface area (TPSA) is 57.2 Å². The van der Waals surface area contributed by atoms with Gasteiger partial charge in [-0.3, -0.25) is 0 Å². The van der Waals surface area contributed by atoms with Crippen LogP contribution in [0.2, 0.25) is 0 Å². The second-order valence-corrected chi connectivity index (χ2v) is 6.08. The van der Waals surface area contributed by atoms with Crippen LogP contribution in [0.3, 0.4) is 0 Å². The van der Waals surface area contributed by atoms with Crippen molar-refractivity contribution in [3.05, 3.63) is 21.0 Å². The van der Waals surface area contributed by atoms with E-state index in [-0.39, 0.29) is 0 Å². The van der Waals surface area contributed by atoms with Crippen molar-refractivity contribution in [1.82, 2.24) is 0 Å². The van der Waals surface area contributed by atoms with E-state index in [1.54, 1.807) is 6.07 Å². The van der Waals surface area contributed by atoms with Gasteiger partial charge in [-0.2, -0.15) is 5.26 Å². The zero-order valence-electron chi connectivity index (χ0n) is 9.25. The molecule has 3 nitrogen and oxygen atoms in total. The summed E-state index contributed by atoms with van der Waals surface area (Å²) in [5.74, 6) is 0.451. The number of furan rings is 1. The lowest BCUT2D eigenvalue weighted by Gasteiger charge is -2.33. The highest BCUT2D eigenvalue weighted by molar-refractivity contribution is 9.13. The van der Waals surface area contributed by atoms with Gasteiger partial charge in [0, 0.05) is 0 Å². The van der Waals surface area contributed by atoms with Gasteiger partial charge in [0.15, 0.2) is 4.67 Å². The summed E-state index contributed by atoms with van der Waals surface area (Å²) in [6, 6.07) is 4.03. The monoisotopic (exact) mass is 361 g/mol. The highest BCUT2D eigenvalue weighted by Gasteiger charge is 2.42. The first-order valence-corrected chi connectivity index (χ1v) is 7.22. The number of hydrogen-bond donors (Lipinski definition) is 1. The van der Waals surface area contributed by atoms with Gasteiger partial charge in [-0.05, 0) is 50.8 Å². The number of hydrogen-bond acceptors (Lipinski definition) is 3. The van der Waals surface area contributed by atoms with Crippen LogP contribution in [0.5, 0.6) is 0 Å². The molecule has 0 aromatic carbocycles. The minimum absolute atomic E-state index is 0.451. The molecule has 17 heavy (non-hydrogen) atoms. The van der Waals surface area contributed by atoms with Gasteiger partial charge in [0.2, 0.25) is 0 Å². The average Bonchev–Trinajstić information content (AvgIpc) is 2.69. The molecule has 1 fully saturated rings. The summed E-state index contributed by atoms with van der Waals surface area (Å²) in [5, 5.41) is 19.7. The first-order valence-electron chi connectivity index (χ1n) is 5.63. The Hall–Kier alpha value is -0.310. The minimum atomic E-state index is -0.851. The first-order chi connectivity index (χ1) is 8.09. The van der Waals surface area contributed by atoms with Crippen LogP contribution in [0.1, 0.15) is 44.0 Å². The number of aliphatic hydroxyl groups excluding tert-OH is 1. The number of halogens is 2. The molecule has 1 aromatic heterocycles. The Morgan fingerprint density at radius 3 is 2.47 bits per heavy atom. The largest absolute Gasteiger partial charge is 0.450 e. The van der Waals surface area contributed by atoms with Crippen molar-refractivity contribution < 1.29 is 9.52 Å². The van der Waals surface area contributed by atoms with E-state index in [1.807, 2.05) is 0 Å². The van der Waals surface area contributed by atoms with E-state index >= 15 is 0 Å². The third kappa shape index (κ3) is 2.44. The van der Waals surface area contributed by atoms with Gasteiger partial charge >= 0.3 is 0 Å². The molecule has 0 amide bonds. The van der Waals surface area contributed by atoms with E-state index < -0.39 is 11.5 Å². The molecule has 0 bridgehead atoms. The molecule has 1 aliphatic rings. The molecule has 0 spiro atoms. The zero-order chi connectivity index (χ0) is 12.5. The Morgan fingerprint density at radius 2 is 2.00 bits per heavy atom. The van der Waals surface area contributed by atoms with Gasteiger partial charge in [0.1, 0.15) is 11.9 Å². The van der Waals surface area contributed by atoms with E-state index in [0.717, 1.165) is 36.6 Å². The number of nitrogens with zero attached hydrogens (tertiary/aromatic N) is 1. The van der Waals surface area contributed by atoms with Crippen molar-refractivity contribution in [2.24, 2.45) is 5.41 Å². The third-order valence-corrected chi connectivity index (χ3v) is 5.14. The van der Waals surface area contributed by atoms with Gasteiger partial charge in [-0.1, -0.05) is 19.3 Å². The molecule has 1 atom stereocenters. The van der Waals surface area contributed by atoms with Crippen molar-refractivity contribution in [1.29, 1.82) is 5.26 Å². The molecule has 1 heterocycles. The second-order valence-electron chi connectivity index (χ2n) is 4.50. The van der Waals surface area contributed by atoms with Crippen LogP contribution in [0.4, 0.5) is 0 Å². The van der Waals surface area contributed by atoms with E-state index in [0.29, 0.717) is 10.4 Å². The highest BCUT2D eigenvalue weighted by Crippen LogP contribution is 2.47. The Bertz CT molecular complexity index is 424. The van der Waals surface area contributed by atoms with E-state index in [2.05, 4.69) is 37.9 Å². The van der Waals surface area contributed by atoms with Gasteiger partial charge in [-0.15, -0.1) is 0 Å². The van der Waals surface area contributed by atoms with Crippen molar-refractivity contribution in [2.75, 3.05) is 0 Å². The van der Waals surface area contributed by atoms with Crippen LogP contribution in [-0.2, 0) is 0 Å². The maximum Gasteiger partial charge on any atom is 0.183 e. The van der Waals surface area contributed by atoms with Crippen molar-refractivity contribution in [3.8, 4) is 6.07 Å². The maximum absolute atomic E-state index is 10.4. The summed E-state index contributed by atoms with van der Waals surface area (Å²) in [7, 11) is 0. The normalized spacial score (nSPS) is 20.8. The fourth-order valence-corrected chi connectivity index (χ4v) is 3.01. The number of rotatable bonds is 2. The van der Waals surface area contributed by atoms with E-state index in [9.17, 15) is 10.4 Å². The molecule has 1 aromatic rings. The summed E-state index contributed by atoms with van der Waals surface area (Å²) < 4.78 is 6.74. The molecule has 1 saturated carbocycles. The lowest BCUT2D eigenvalue weighted by molar-refractivity contribution is 0.0192. The predicted molar refractivity (Wildman–Crippen MR) is 70.2 cm³/mol. The molecule has 0 saturated heterocycles.